The predicted octanol–water partition coefficient (Wildman–Crippen LogP) is 1.93. The number of ether oxygens (including phenoxy) is 1. The van der Waals surface area contributed by atoms with E-state index in [9.17, 15) is 4.79 Å². The summed E-state index contributed by atoms with van der Waals surface area (Å²) in [5.74, 6) is 1.47. The Hall–Kier alpha value is -1.55. The number of carbonyl (C=O) groups is 1. The van der Waals surface area contributed by atoms with E-state index in [-0.39, 0.29) is 11.9 Å². The lowest BCUT2D eigenvalue weighted by Crippen LogP contribution is -2.42. The molecule has 0 aliphatic heterocycles. The number of amides is 1. The Bertz CT molecular complexity index is 470. The minimum Gasteiger partial charge on any atom is -0.493 e. The Morgan fingerprint density at radius 1 is 1.45 bits per heavy atom. The zero-order valence-corrected chi connectivity index (χ0v) is 12.3. The van der Waals surface area contributed by atoms with Crippen molar-refractivity contribution >= 4 is 5.91 Å². The first-order valence-electron chi connectivity index (χ1n) is 7.30. The first kappa shape index (κ1) is 14.9. The number of hydrogen-bond donors (Lipinski definition) is 2. The van der Waals surface area contributed by atoms with Gasteiger partial charge in [0.05, 0.1) is 13.0 Å². The van der Waals surface area contributed by atoms with Gasteiger partial charge < -0.3 is 15.8 Å². The van der Waals surface area contributed by atoms with Crippen molar-refractivity contribution in [1.82, 2.24) is 5.32 Å². The molecule has 1 aliphatic carbocycles. The molecule has 110 valence electrons. The van der Waals surface area contributed by atoms with Crippen molar-refractivity contribution in [3.63, 3.8) is 0 Å². The van der Waals surface area contributed by atoms with Crippen molar-refractivity contribution in [2.24, 2.45) is 11.7 Å². The molecule has 1 aromatic rings. The molecule has 1 unspecified atom stereocenters. The maximum Gasteiger partial charge on any atom is 0.223 e. The van der Waals surface area contributed by atoms with Crippen molar-refractivity contribution < 1.29 is 9.53 Å². The Balaban J connectivity index is 1.74. The molecule has 1 saturated carbocycles. The minimum absolute atomic E-state index is 0.0256. The molecule has 20 heavy (non-hydrogen) atoms. The molecule has 0 heterocycles. The second kappa shape index (κ2) is 6.75. The van der Waals surface area contributed by atoms with Crippen LogP contribution in [0.5, 0.6) is 5.75 Å². The summed E-state index contributed by atoms with van der Waals surface area (Å²) < 4.78 is 5.69. The molecule has 2 rings (SSSR count). The molecule has 0 aromatic heterocycles. The smallest absolute Gasteiger partial charge is 0.223 e. The van der Waals surface area contributed by atoms with Crippen LogP contribution in [-0.2, 0) is 4.79 Å². The molecular weight excluding hydrogens is 252 g/mol. The quantitative estimate of drug-likeness (QED) is 0.799. The summed E-state index contributed by atoms with van der Waals surface area (Å²) >= 11 is 0. The summed E-state index contributed by atoms with van der Waals surface area (Å²) in [6.45, 7) is 5.00. The molecule has 0 bridgehead atoms. The second-order valence-corrected chi connectivity index (χ2v) is 5.54. The normalized spacial score (nSPS) is 15.8. The number of carbonyl (C=O) groups excluding carboxylic acids is 1. The van der Waals surface area contributed by atoms with Gasteiger partial charge in [-0.3, -0.25) is 4.79 Å². The van der Waals surface area contributed by atoms with Gasteiger partial charge in [0.2, 0.25) is 5.91 Å². The molecular formula is C16H24N2O2. The molecule has 1 amide bonds. The summed E-state index contributed by atoms with van der Waals surface area (Å²) in [4.78, 5) is 11.8. The third-order valence-electron chi connectivity index (χ3n) is 3.93. The lowest BCUT2D eigenvalue weighted by Gasteiger charge is -2.16. The third kappa shape index (κ3) is 3.97. The van der Waals surface area contributed by atoms with E-state index in [1.54, 1.807) is 0 Å². The summed E-state index contributed by atoms with van der Waals surface area (Å²) in [6, 6.07) is 6.10. The van der Waals surface area contributed by atoms with Gasteiger partial charge in [-0.25, -0.2) is 0 Å². The Morgan fingerprint density at radius 3 is 2.85 bits per heavy atom. The Labute approximate surface area is 120 Å². The minimum atomic E-state index is 0.0256. The van der Waals surface area contributed by atoms with Crippen LogP contribution in [0.2, 0.25) is 0 Å². The van der Waals surface area contributed by atoms with Crippen LogP contribution in [0, 0.1) is 19.8 Å². The van der Waals surface area contributed by atoms with E-state index < -0.39 is 0 Å². The van der Waals surface area contributed by atoms with E-state index in [1.807, 2.05) is 19.1 Å². The van der Waals surface area contributed by atoms with Gasteiger partial charge in [0, 0.05) is 12.6 Å². The molecule has 0 saturated heterocycles. The van der Waals surface area contributed by atoms with Gasteiger partial charge in [0.1, 0.15) is 5.75 Å². The third-order valence-corrected chi connectivity index (χ3v) is 3.93. The fourth-order valence-corrected chi connectivity index (χ4v) is 2.28. The van der Waals surface area contributed by atoms with E-state index in [0.29, 0.717) is 25.5 Å². The highest BCUT2D eigenvalue weighted by Crippen LogP contribution is 2.32. The van der Waals surface area contributed by atoms with Crippen LogP contribution < -0.4 is 15.8 Å². The largest absolute Gasteiger partial charge is 0.493 e. The van der Waals surface area contributed by atoms with Crippen molar-refractivity contribution in [3.05, 3.63) is 29.3 Å². The lowest BCUT2D eigenvalue weighted by molar-refractivity contribution is -0.122. The second-order valence-electron chi connectivity index (χ2n) is 5.54. The van der Waals surface area contributed by atoms with Crippen molar-refractivity contribution in [2.75, 3.05) is 13.2 Å². The summed E-state index contributed by atoms with van der Waals surface area (Å²) in [5.41, 5.74) is 8.00. The van der Waals surface area contributed by atoms with E-state index >= 15 is 0 Å². The summed E-state index contributed by atoms with van der Waals surface area (Å²) in [5, 5.41) is 3.00. The Morgan fingerprint density at radius 2 is 2.20 bits per heavy atom. The van der Waals surface area contributed by atoms with Gasteiger partial charge in [-0.1, -0.05) is 12.1 Å². The van der Waals surface area contributed by atoms with Gasteiger partial charge in [-0.2, -0.15) is 0 Å². The molecule has 1 fully saturated rings. The van der Waals surface area contributed by atoms with Crippen LogP contribution in [0.15, 0.2) is 18.2 Å². The van der Waals surface area contributed by atoms with Gasteiger partial charge in [-0.05, 0) is 49.8 Å². The first-order chi connectivity index (χ1) is 9.61. The topological polar surface area (TPSA) is 64.3 Å². The van der Waals surface area contributed by atoms with Crippen LogP contribution in [-0.4, -0.2) is 25.1 Å². The standard InChI is InChI=1S/C16H24N2O2/c1-11-4-3-5-15(12(11)2)20-9-8-16(19)18-14(10-17)13-6-7-13/h3-5,13-14H,6-10,17H2,1-2H3,(H,18,19). The van der Waals surface area contributed by atoms with Crippen LogP contribution in [0.25, 0.3) is 0 Å². The van der Waals surface area contributed by atoms with Gasteiger partial charge >= 0.3 is 0 Å². The fourth-order valence-electron chi connectivity index (χ4n) is 2.28. The monoisotopic (exact) mass is 276 g/mol. The maximum atomic E-state index is 11.8. The van der Waals surface area contributed by atoms with Crippen LogP contribution in [0.1, 0.15) is 30.4 Å². The highest BCUT2D eigenvalue weighted by atomic mass is 16.5. The molecule has 0 spiro atoms. The molecule has 4 nitrogen and oxygen atoms in total. The molecule has 1 atom stereocenters. The van der Waals surface area contributed by atoms with Crippen LogP contribution in [0.4, 0.5) is 0 Å². The number of nitrogens with one attached hydrogen (secondary N) is 1. The van der Waals surface area contributed by atoms with Gasteiger partial charge in [-0.15, -0.1) is 0 Å². The number of aryl methyl sites for hydroxylation is 1. The molecule has 3 N–H and O–H groups in total. The SMILES string of the molecule is Cc1cccc(OCCC(=O)NC(CN)C2CC2)c1C. The Kier molecular flexibility index (Phi) is 5.01. The first-order valence-corrected chi connectivity index (χ1v) is 7.30. The average Bonchev–Trinajstić information content (AvgIpc) is 3.25. The molecule has 0 radical (unpaired) electrons. The maximum absolute atomic E-state index is 11.8. The summed E-state index contributed by atoms with van der Waals surface area (Å²) in [6.07, 6.45) is 2.73. The molecule has 1 aliphatic rings. The molecule has 1 aromatic carbocycles. The van der Waals surface area contributed by atoms with Crippen molar-refractivity contribution in [1.29, 1.82) is 0 Å². The highest BCUT2D eigenvalue weighted by Gasteiger charge is 2.31. The number of hydrogen-bond acceptors (Lipinski definition) is 3. The van der Waals surface area contributed by atoms with Gasteiger partial charge in [0.15, 0.2) is 0 Å². The number of nitrogens with two attached hydrogens (primary N) is 1. The lowest BCUT2D eigenvalue weighted by atomic mass is 10.1. The van der Waals surface area contributed by atoms with E-state index in [1.165, 1.54) is 18.4 Å². The predicted molar refractivity (Wildman–Crippen MR) is 79.7 cm³/mol. The van der Waals surface area contributed by atoms with E-state index in [0.717, 1.165) is 11.3 Å². The highest BCUT2D eigenvalue weighted by molar-refractivity contribution is 5.76. The fraction of sp³-hybridized carbons (Fsp3) is 0.562. The zero-order valence-electron chi connectivity index (χ0n) is 12.3. The summed E-state index contributed by atoms with van der Waals surface area (Å²) in [7, 11) is 0. The van der Waals surface area contributed by atoms with Crippen molar-refractivity contribution in [3.8, 4) is 5.75 Å². The molecule has 4 heteroatoms. The van der Waals surface area contributed by atoms with Gasteiger partial charge in [0.25, 0.3) is 0 Å². The number of benzene rings is 1. The van der Waals surface area contributed by atoms with Crippen LogP contribution >= 0.6 is 0 Å². The average molecular weight is 276 g/mol. The van der Waals surface area contributed by atoms with Crippen molar-refractivity contribution in [2.45, 2.75) is 39.2 Å². The van der Waals surface area contributed by atoms with E-state index in [2.05, 4.69) is 18.3 Å². The van der Waals surface area contributed by atoms with Crippen LogP contribution in [0.3, 0.4) is 0 Å². The van der Waals surface area contributed by atoms with E-state index in [4.69, 9.17) is 10.5 Å². The number of rotatable bonds is 7. The zero-order chi connectivity index (χ0) is 14.5.